The van der Waals surface area contributed by atoms with Gasteiger partial charge in [-0.05, 0) is 31.2 Å². The van der Waals surface area contributed by atoms with Crippen molar-refractivity contribution in [2.24, 2.45) is 0 Å². The van der Waals surface area contributed by atoms with Gasteiger partial charge in [-0.3, -0.25) is 4.79 Å². The van der Waals surface area contributed by atoms with Crippen LogP contribution in [0.15, 0.2) is 81.9 Å². The van der Waals surface area contributed by atoms with E-state index in [1.54, 1.807) is 43.3 Å². The van der Waals surface area contributed by atoms with Gasteiger partial charge in [0.25, 0.3) is 0 Å². The average Bonchev–Trinajstić information content (AvgIpc) is 3.42. The van der Waals surface area contributed by atoms with Crippen molar-refractivity contribution in [1.82, 2.24) is 5.32 Å². The number of dihydropyridines is 1. The monoisotopic (exact) mass is 441 g/mol. The summed E-state index contributed by atoms with van der Waals surface area (Å²) in [5.74, 6) is -1.74. The molecule has 164 valence electrons. The first-order valence-corrected chi connectivity index (χ1v) is 10.3. The van der Waals surface area contributed by atoms with E-state index in [0.717, 1.165) is 5.56 Å². The van der Waals surface area contributed by atoms with Crippen LogP contribution >= 0.6 is 0 Å². The molecule has 2 heterocycles. The molecule has 0 fully saturated rings. The third-order valence-corrected chi connectivity index (χ3v) is 5.96. The highest BCUT2D eigenvalue weighted by molar-refractivity contribution is 6.23. The van der Waals surface area contributed by atoms with Crippen molar-refractivity contribution in [1.29, 1.82) is 0 Å². The summed E-state index contributed by atoms with van der Waals surface area (Å²) < 4.78 is 11.2. The Hall–Kier alpha value is -4.39. The molecule has 0 saturated carbocycles. The topological polar surface area (TPSA) is 106 Å². The van der Waals surface area contributed by atoms with Gasteiger partial charge in [0, 0.05) is 28.0 Å². The van der Waals surface area contributed by atoms with Crippen LogP contribution < -0.4 is 5.32 Å². The molecular weight excluding hydrogens is 422 g/mol. The van der Waals surface area contributed by atoms with E-state index >= 15 is 0 Å². The number of benzene rings is 2. The van der Waals surface area contributed by atoms with Crippen LogP contribution in [0.3, 0.4) is 0 Å². The maximum absolute atomic E-state index is 13.4. The molecule has 2 N–H and O–H groups in total. The highest BCUT2D eigenvalue weighted by Gasteiger charge is 2.44. The van der Waals surface area contributed by atoms with Gasteiger partial charge in [0.1, 0.15) is 11.5 Å². The van der Waals surface area contributed by atoms with Crippen LogP contribution in [0.4, 0.5) is 0 Å². The molecule has 0 unspecified atom stereocenters. The van der Waals surface area contributed by atoms with Crippen molar-refractivity contribution < 1.29 is 28.6 Å². The quantitative estimate of drug-likeness (QED) is 0.579. The Labute approximate surface area is 189 Å². The summed E-state index contributed by atoms with van der Waals surface area (Å²) in [7, 11) is 1.29. The molecule has 2 aliphatic rings. The first-order valence-electron chi connectivity index (χ1n) is 10.3. The zero-order chi connectivity index (χ0) is 23.3. The molecule has 1 aliphatic heterocycles. The van der Waals surface area contributed by atoms with Crippen molar-refractivity contribution >= 4 is 23.4 Å². The number of carboxylic acids is 1. The summed E-state index contributed by atoms with van der Waals surface area (Å²) in [5.41, 5.74) is 3.96. The predicted octanol–water partition coefficient (Wildman–Crippen LogP) is 4.39. The van der Waals surface area contributed by atoms with Crippen molar-refractivity contribution in [2.75, 3.05) is 7.11 Å². The number of aromatic carboxylic acids is 1. The molecule has 7 nitrogen and oxygen atoms in total. The van der Waals surface area contributed by atoms with Crippen molar-refractivity contribution in [3.63, 3.8) is 0 Å². The normalized spacial score (nSPS) is 16.9. The van der Waals surface area contributed by atoms with Crippen molar-refractivity contribution in [3.05, 3.63) is 100.0 Å². The van der Waals surface area contributed by atoms with Crippen LogP contribution in [0.1, 0.15) is 44.9 Å². The summed E-state index contributed by atoms with van der Waals surface area (Å²) in [6.07, 6.45) is 0. The summed E-state index contributed by atoms with van der Waals surface area (Å²) in [6, 6.07) is 17.1. The Morgan fingerprint density at radius 1 is 1.03 bits per heavy atom. The van der Waals surface area contributed by atoms with Gasteiger partial charge in [0.15, 0.2) is 5.78 Å². The average molecular weight is 441 g/mol. The summed E-state index contributed by atoms with van der Waals surface area (Å²) in [6.45, 7) is 1.76. The predicted molar refractivity (Wildman–Crippen MR) is 119 cm³/mol. The lowest BCUT2D eigenvalue weighted by atomic mass is 9.83. The van der Waals surface area contributed by atoms with E-state index in [4.69, 9.17) is 9.15 Å². The molecule has 1 atom stereocenters. The van der Waals surface area contributed by atoms with E-state index in [1.807, 2.05) is 12.1 Å². The van der Waals surface area contributed by atoms with Crippen molar-refractivity contribution in [2.45, 2.75) is 12.8 Å². The zero-order valence-electron chi connectivity index (χ0n) is 17.8. The molecule has 1 aliphatic carbocycles. The third-order valence-electron chi connectivity index (χ3n) is 5.96. The number of nitrogens with one attached hydrogen (secondary N) is 1. The smallest absolute Gasteiger partial charge is 0.336 e. The number of esters is 1. The number of ketones is 1. The van der Waals surface area contributed by atoms with Gasteiger partial charge in [0.05, 0.1) is 29.9 Å². The number of carbonyl (C=O) groups excluding carboxylic acids is 2. The Balaban J connectivity index is 1.66. The van der Waals surface area contributed by atoms with Gasteiger partial charge in [0.2, 0.25) is 0 Å². The summed E-state index contributed by atoms with van der Waals surface area (Å²) in [4.78, 5) is 37.5. The number of fused-ring (bicyclic) bond motifs is 2. The molecule has 7 heteroatoms. The number of furan rings is 1. The highest BCUT2D eigenvalue weighted by atomic mass is 16.5. The number of Topliss-reactive ketones (excluding diaryl/α,β-unsaturated/α-hetero) is 1. The van der Waals surface area contributed by atoms with Crippen LogP contribution in [0.25, 0.3) is 17.0 Å². The Bertz CT molecular complexity index is 1410. The minimum Gasteiger partial charge on any atom is -0.478 e. The number of carbonyl (C=O) groups is 3. The number of hydrogen-bond acceptors (Lipinski definition) is 6. The lowest BCUT2D eigenvalue weighted by Crippen LogP contribution is -2.28. The number of ether oxygens (including phenoxy) is 1. The Morgan fingerprint density at radius 3 is 2.52 bits per heavy atom. The third kappa shape index (κ3) is 3.17. The molecule has 0 amide bonds. The second-order valence-electron chi connectivity index (χ2n) is 7.84. The number of methoxy groups -OCH3 is 1. The SMILES string of the molecule is COC(=O)C1=C(C)NC2=C(C(=O)c3ccccc32)[C@H]1c1ccc(-c2cccc(C(=O)O)c2)o1. The molecule has 0 saturated heterocycles. The van der Waals surface area contributed by atoms with Gasteiger partial charge in [-0.25, -0.2) is 9.59 Å². The van der Waals surface area contributed by atoms with Crippen LogP contribution in [0, 0.1) is 0 Å². The number of carboxylic acid groups (broad SMARTS) is 1. The fourth-order valence-electron chi connectivity index (χ4n) is 4.46. The van der Waals surface area contributed by atoms with Crippen LogP contribution in [0.5, 0.6) is 0 Å². The Morgan fingerprint density at radius 2 is 1.79 bits per heavy atom. The Kier molecular flexibility index (Phi) is 4.74. The summed E-state index contributed by atoms with van der Waals surface area (Å²) >= 11 is 0. The largest absolute Gasteiger partial charge is 0.478 e. The lowest BCUT2D eigenvalue weighted by molar-refractivity contribution is -0.136. The van der Waals surface area contributed by atoms with Gasteiger partial charge in [-0.15, -0.1) is 0 Å². The first kappa shape index (κ1) is 20.5. The van der Waals surface area contributed by atoms with Gasteiger partial charge >= 0.3 is 11.9 Å². The van der Waals surface area contributed by atoms with Gasteiger partial charge in [-0.2, -0.15) is 0 Å². The van der Waals surface area contributed by atoms with E-state index in [2.05, 4.69) is 5.32 Å². The van der Waals surface area contributed by atoms with E-state index in [-0.39, 0.29) is 16.9 Å². The molecule has 2 aromatic carbocycles. The van der Waals surface area contributed by atoms with Crippen molar-refractivity contribution in [3.8, 4) is 11.3 Å². The maximum Gasteiger partial charge on any atom is 0.336 e. The number of hydrogen-bond donors (Lipinski definition) is 2. The van der Waals surface area contributed by atoms with Crippen LogP contribution in [-0.2, 0) is 9.53 Å². The second kappa shape index (κ2) is 7.63. The fourth-order valence-corrected chi connectivity index (χ4v) is 4.46. The first-order chi connectivity index (χ1) is 15.9. The van der Waals surface area contributed by atoms with Crippen LogP contribution in [-0.4, -0.2) is 29.9 Å². The second-order valence-corrected chi connectivity index (χ2v) is 7.84. The molecule has 5 rings (SSSR count). The minimum absolute atomic E-state index is 0.129. The standard InChI is InChI=1S/C26H19NO6/c1-13-20(26(31)32-2)21(22-23(27-13)16-8-3-4-9-17(16)24(22)28)19-11-10-18(33-19)14-6-5-7-15(12-14)25(29)30/h3-12,21,27H,1-2H3,(H,29,30)/t21-/m0/s1. The molecule has 0 radical (unpaired) electrons. The van der Waals surface area contributed by atoms with E-state index in [1.165, 1.54) is 19.2 Å². The molecule has 1 aromatic heterocycles. The van der Waals surface area contributed by atoms with Gasteiger partial charge in [-0.1, -0.05) is 36.4 Å². The lowest BCUT2D eigenvalue weighted by Gasteiger charge is -2.27. The van der Waals surface area contributed by atoms with E-state index in [0.29, 0.717) is 39.6 Å². The molecule has 33 heavy (non-hydrogen) atoms. The zero-order valence-corrected chi connectivity index (χ0v) is 17.8. The fraction of sp³-hybridized carbons (Fsp3) is 0.115. The molecule has 0 bridgehead atoms. The number of rotatable bonds is 4. The number of allylic oxidation sites excluding steroid dienone is 2. The maximum atomic E-state index is 13.4. The summed E-state index contributed by atoms with van der Waals surface area (Å²) in [5, 5.41) is 12.5. The molecular formula is C26H19NO6. The van der Waals surface area contributed by atoms with E-state index < -0.39 is 17.9 Å². The van der Waals surface area contributed by atoms with Crippen LogP contribution in [0.2, 0.25) is 0 Å². The highest BCUT2D eigenvalue weighted by Crippen LogP contribution is 2.47. The van der Waals surface area contributed by atoms with Gasteiger partial charge < -0.3 is 19.6 Å². The molecule has 3 aromatic rings. The minimum atomic E-state index is -1.04. The van der Waals surface area contributed by atoms with E-state index in [9.17, 15) is 19.5 Å². The molecule has 0 spiro atoms.